The highest BCUT2D eigenvalue weighted by molar-refractivity contribution is 9.11. The van der Waals surface area contributed by atoms with Gasteiger partial charge in [-0.15, -0.1) is 11.3 Å². The number of hydrazine groups is 1. The van der Waals surface area contributed by atoms with Crippen molar-refractivity contribution in [2.24, 2.45) is 0 Å². The number of hydrogen-bond acceptors (Lipinski definition) is 4. The van der Waals surface area contributed by atoms with Gasteiger partial charge in [-0.05, 0) is 58.8 Å². The normalized spacial score (nSPS) is 10.5. The summed E-state index contributed by atoms with van der Waals surface area (Å²) >= 11 is 4.56. The largest absolute Gasteiger partial charge is 0.494 e. The van der Waals surface area contributed by atoms with Crippen molar-refractivity contribution < 1.29 is 14.3 Å². The van der Waals surface area contributed by atoms with Gasteiger partial charge < -0.3 is 4.74 Å². The Morgan fingerprint density at radius 1 is 1.17 bits per heavy atom. The molecule has 1 aromatic carbocycles. The molecule has 120 valence electrons. The molecule has 23 heavy (non-hydrogen) atoms. The van der Waals surface area contributed by atoms with Crippen LogP contribution in [0.5, 0.6) is 5.75 Å². The molecule has 1 aromatic heterocycles. The van der Waals surface area contributed by atoms with Crippen LogP contribution < -0.4 is 15.6 Å². The number of ether oxygens (including phenoxy) is 1. The zero-order valence-electron chi connectivity index (χ0n) is 12.3. The standard InChI is InChI=1S/C16H15BrN2O3S/c1-2-22-12-6-3-11(4-7-12)5-10-15(20)18-19-16(21)13-8-9-14(17)23-13/h3-10H,2H2,1H3,(H,18,20)(H,19,21)/b10-5+. The Bertz CT molecular complexity index is 710. The first-order valence-corrected chi connectivity index (χ1v) is 8.46. The quantitative estimate of drug-likeness (QED) is 0.603. The summed E-state index contributed by atoms with van der Waals surface area (Å²) in [6, 6.07) is 10.8. The van der Waals surface area contributed by atoms with Crippen LogP contribution in [0, 0.1) is 0 Å². The van der Waals surface area contributed by atoms with E-state index in [1.54, 1.807) is 18.2 Å². The van der Waals surface area contributed by atoms with Gasteiger partial charge in [0.05, 0.1) is 15.3 Å². The fraction of sp³-hybridized carbons (Fsp3) is 0.125. The van der Waals surface area contributed by atoms with E-state index < -0.39 is 5.91 Å². The summed E-state index contributed by atoms with van der Waals surface area (Å²) in [6.07, 6.45) is 3.00. The van der Waals surface area contributed by atoms with E-state index in [9.17, 15) is 9.59 Å². The lowest BCUT2D eigenvalue weighted by Crippen LogP contribution is -2.40. The van der Waals surface area contributed by atoms with Crippen molar-refractivity contribution in [3.05, 3.63) is 56.7 Å². The number of carbonyl (C=O) groups is 2. The van der Waals surface area contributed by atoms with Crippen molar-refractivity contribution in [1.29, 1.82) is 0 Å². The van der Waals surface area contributed by atoms with Gasteiger partial charge in [0.1, 0.15) is 5.75 Å². The summed E-state index contributed by atoms with van der Waals surface area (Å²) < 4.78 is 6.19. The highest BCUT2D eigenvalue weighted by Gasteiger charge is 2.08. The van der Waals surface area contributed by atoms with E-state index in [1.807, 2.05) is 31.2 Å². The van der Waals surface area contributed by atoms with Crippen molar-refractivity contribution >= 4 is 45.2 Å². The molecule has 0 unspecified atom stereocenters. The summed E-state index contributed by atoms with van der Waals surface area (Å²) in [5.41, 5.74) is 5.55. The molecular weight excluding hydrogens is 380 g/mol. The second-order valence-corrected chi connectivity index (χ2v) is 6.85. The topological polar surface area (TPSA) is 67.4 Å². The van der Waals surface area contributed by atoms with E-state index in [2.05, 4.69) is 26.8 Å². The van der Waals surface area contributed by atoms with Crippen LogP contribution in [0.1, 0.15) is 22.2 Å². The molecule has 2 amide bonds. The lowest BCUT2D eigenvalue weighted by Gasteiger charge is -2.03. The van der Waals surface area contributed by atoms with Crippen LogP contribution in [0.3, 0.4) is 0 Å². The molecule has 0 saturated heterocycles. The van der Waals surface area contributed by atoms with Crippen molar-refractivity contribution in [3.8, 4) is 5.75 Å². The Kier molecular flexibility index (Phi) is 6.37. The first-order valence-electron chi connectivity index (χ1n) is 6.85. The molecular formula is C16H15BrN2O3S. The lowest BCUT2D eigenvalue weighted by molar-refractivity contribution is -0.117. The summed E-state index contributed by atoms with van der Waals surface area (Å²) in [5.74, 6) is 0.00912. The summed E-state index contributed by atoms with van der Waals surface area (Å²) in [4.78, 5) is 24.0. The van der Waals surface area contributed by atoms with Gasteiger partial charge in [0.2, 0.25) is 0 Å². The molecule has 0 fully saturated rings. The number of nitrogens with one attached hydrogen (secondary N) is 2. The fourth-order valence-electron chi connectivity index (χ4n) is 1.67. The number of thiophene rings is 1. The number of rotatable bonds is 5. The lowest BCUT2D eigenvalue weighted by atomic mass is 10.2. The number of amides is 2. The average molecular weight is 395 g/mol. The molecule has 0 aliphatic heterocycles. The molecule has 0 aliphatic rings. The first-order chi connectivity index (χ1) is 11.1. The van der Waals surface area contributed by atoms with Crippen molar-refractivity contribution in [3.63, 3.8) is 0 Å². The maximum Gasteiger partial charge on any atom is 0.279 e. The molecule has 7 heteroatoms. The fourth-order valence-corrected chi connectivity index (χ4v) is 2.95. The maximum atomic E-state index is 11.8. The van der Waals surface area contributed by atoms with Crippen molar-refractivity contribution in [2.75, 3.05) is 6.61 Å². The molecule has 2 rings (SSSR count). The minimum Gasteiger partial charge on any atom is -0.494 e. The van der Waals surface area contributed by atoms with Gasteiger partial charge >= 0.3 is 0 Å². The second kappa shape index (κ2) is 8.50. The van der Waals surface area contributed by atoms with Crippen LogP contribution in [0.4, 0.5) is 0 Å². The van der Waals surface area contributed by atoms with Gasteiger partial charge in [-0.2, -0.15) is 0 Å². The van der Waals surface area contributed by atoms with Crippen molar-refractivity contribution in [2.45, 2.75) is 6.92 Å². The Balaban J connectivity index is 1.83. The summed E-state index contributed by atoms with van der Waals surface area (Å²) in [7, 11) is 0. The van der Waals surface area contributed by atoms with Crippen LogP contribution in [0.2, 0.25) is 0 Å². The van der Waals surface area contributed by atoms with Gasteiger partial charge in [0, 0.05) is 6.08 Å². The first kappa shape index (κ1) is 17.2. The zero-order valence-corrected chi connectivity index (χ0v) is 14.7. The monoisotopic (exact) mass is 394 g/mol. The van der Waals surface area contributed by atoms with E-state index >= 15 is 0 Å². The van der Waals surface area contributed by atoms with Gasteiger partial charge in [-0.1, -0.05) is 12.1 Å². The third kappa shape index (κ3) is 5.54. The Morgan fingerprint density at radius 3 is 2.52 bits per heavy atom. The van der Waals surface area contributed by atoms with Crippen LogP contribution >= 0.6 is 27.3 Å². The molecule has 0 aliphatic carbocycles. The predicted molar refractivity (Wildman–Crippen MR) is 94.3 cm³/mol. The van der Waals surface area contributed by atoms with E-state index in [-0.39, 0.29) is 5.91 Å². The number of hydrogen-bond donors (Lipinski definition) is 2. The van der Waals surface area contributed by atoms with E-state index in [4.69, 9.17) is 4.74 Å². The Hall–Kier alpha value is -2.12. The van der Waals surface area contributed by atoms with Crippen LogP contribution in [-0.2, 0) is 4.79 Å². The van der Waals surface area contributed by atoms with E-state index in [0.29, 0.717) is 11.5 Å². The number of halogens is 1. The molecule has 0 atom stereocenters. The van der Waals surface area contributed by atoms with Crippen LogP contribution in [-0.4, -0.2) is 18.4 Å². The maximum absolute atomic E-state index is 11.8. The van der Waals surface area contributed by atoms with Crippen molar-refractivity contribution in [1.82, 2.24) is 10.9 Å². The molecule has 0 saturated carbocycles. The van der Waals surface area contributed by atoms with Gasteiger partial charge in [-0.25, -0.2) is 0 Å². The molecule has 0 spiro atoms. The third-order valence-corrected chi connectivity index (χ3v) is 4.34. The minimum absolute atomic E-state index is 0.358. The smallest absolute Gasteiger partial charge is 0.279 e. The Labute approximate surface area is 146 Å². The molecule has 2 N–H and O–H groups in total. The second-order valence-electron chi connectivity index (χ2n) is 4.38. The van der Waals surface area contributed by atoms with Gasteiger partial charge in [-0.3, -0.25) is 20.4 Å². The average Bonchev–Trinajstić information content (AvgIpc) is 2.99. The van der Waals surface area contributed by atoms with E-state index in [0.717, 1.165) is 15.1 Å². The highest BCUT2D eigenvalue weighted by Crippen LogP contribution is 2.21. The van der Waals surface area contributed by atoms with Crippen LogP contribution in [0.25, 0.3) is 6.08 Å². The molecule has 0 bridgehead atoms. The summed E-state index contributed by atoms with van der Waals surface area (Å²) in [6.45, 7) is 2.53. The molecule has 2 aromatic rings. The predicted octanol–water partition coefficient (Wildman–Crippen LogP) is 3.38. The van der Waals surface area contributed by atoms with Crippen LogP contribution in [0.15, 0.2) is 46.3 Å². The molecule has 5 nitrogen and oxygen atoms in total. The number of carbonyl (C=O) groups excluding carboxylic acids is 2. The van der Waals surface area contributed by atoms with E-state index in [1.165, 1.54) is 17.4 Å². The SMILES string of the molecule is CCOc1ccc(/C=C/C(=O)NNC(=O)c2ccc(Br)s2)cc1. The Morgan fingerprint density at radius 2 is 1.91 bits per heavy atom. The van der Waals surface area contributed by atoms with Gasteiger partial charge in [0.15, 0.2) is 0 Å². The zero-order chi connectivity index (χ0) is 16.7. The molecule has 1 heterocycles. The highest BCUT2D eigenvalue weighted by atomic mass is 79.9. The summed E-state index contributed by atoms with van der Waals surface area (Å²) in [5, 5.41) is 0. The number of benzene rings is 1. The van der Waals surface area contributed by atoms with Gasteiger partial charge in [0.25, 0.3) is 11.8 Å². The molecule has 0 radical (unpaired) electrons. The third-order valence-electron chi connectivity index (χ3n) is 2.71. The minimum atomic E-state index is -0.414.